The molecule has 0 unspecified atom stereocenters. The molecule has 1 heterocycles. The number of aromatic nitrogens is 1. The quantitative estimate of drug-likeness (QED) is 0.166. The molecule has 0 aliphatic heterocycles. The van der Waals surface area contributed by atoms with E-state index in [0.29, 0.717) is 24.3 Å². The van der Waals surface area contributed by atoms with Crippen LogP contribution < -0.4 is 4.74 Å². The van der Waals surface area contributed by atoms with E-state index < -0.39 is 20.8 Å². The zero-order valence-electron chi connectivity index (χ0n) is 17.9. The predicted octanol–water partition coefficient (Wildman–Crippen LogP) is 3.91. The van der Waals surface area contributed by atoms with Gasteiger partial charge in [0.15, 0.2) is 0 Å². The van der Waals surface area contributed by atoms with Gasteiger partial charge in [0.05, 0.1) is 30.7 Å². The van der Waals surface area contributed by atoms with Crippen LogP contribution in [0.4, 0.5) is 0 Å². The molecule has 0 saturated heterocycles. The van der Waals surface area contributed by atoms with Crippen LogP contribution in [0.3, 0.4) is 0 Å². The second-order valence-corrected chi connectivity index (χ2v) is 10.4. The molecule has 9 heteroatoms. The Labute approximate surface area is 194 Å². The minimum absolute atomic E-state index is 0.105. The van der Waals surface area contributed by atoms with Gasteiger partial charge in [-0.05, 0) is 53.8 Å². The van der Waals surface area contributed by atoms with Crippen molar-refractivity contribution in [3.8, 4) is 17.0 Å². The number of benzene rings is 3. The second kappa shape index (κ2) is 9.86. The first-order valence-corrected chi connectivity index (χ1v) is 13.2. The van der Waals surface area contributed by atoms with E-state index in [-0.39, 0.29) is 11.5 Å². The first kappa shape index (κ1) is 23.2. The van der Waals surface area contributed by atoms with Crippen molar-refractivity contribution in [2.24, 2.45) is 0 Å². The standard InChI is InChI=1S/C24H23NO6S2/c1-30-33(28,29)16-17-7-12-21-22(15-17)20-5-2-3-6-23(20)25-24(21)18-8-10-19(11-9-18)31-13-4-14-32(26)27/h2-3,5-12,15,32H,4,13-14,16H2,1H3. The largest absolute Gasteiger partial charge is 0.494 e. The molecule has 4 aromatic rings. The lowest BCUT2D eigenvalue weighted by atomic mass is 9.98. The summed E-state index contributed by atoms with van der Waals surface area (Å²) < 4.78 is 55.4. The lowest BCUT2D eigenvalue weighted by Crippen LogP contribution is -2.05. The van der Waals surface area contributed by atoms with Gasteiger partial charge < -0.3 is 4.74 Å². The van der Waals surface area contributed by atoms with Gasteiger partial charge in [-0.15, -0.1) is 0 Å². The average molecular weight is 486 g/mol. The summed E-state index contributed by atoms with van der Waals surface area (Å²) in [7, 11) is -4.87. The monoisotopic (exact) mass is 485 g/mol. The number of hydrogen-bond acceptors (Lipinski definition) is 7. The zero-order chi connectivity index (χ0) is 23.4. The topological polar surface area (TPSA) is 99.6 Å². The number of thiol groups is 1. The average Bonchev–Trinajstić information content (AvgIpc) is 2.81. The summed E-state index contributed by atoms with van der Waals surface area (Å²) in [5.74, 6) is 0.545. The van der Waals surface area contributed by atoms with Crippen molar-refractivity contribution >= 4 is 42.5 Å². The van der Waals surface area contributed by atoms with E-state index in [2.05, 4.69) is 4.18 Å². The fourth-order valence-electron chi connectivity index (χ4n) is 3.67. The SMILES string of the molecule is COS(=O)(=O)Cc1ccc2c(-c3ccc(OCCC[SH](=O)=O)cc3)nc3ccccc3c2c1. The highest BCUT2D eigenvalue weighted by Gasteiger charge is 2.14. The highest BCUT2D eigenvalue weighted by molar-refractivity contribution is 7.85. The Morgan fingerprint density at radius 3 is 2.39 bits per heavy atom. The lowest BCUT2D eigenvalue weighted by molar-refractivity contribution is 0.318. The molecular formula is C24H23NO6S2. The lowest BCUT2D eigenvalue weighted by Gasteiger charge is -2.12. The van der Waals surface area contributed by atoms with E-state index >= 15 is 0 Å². The van der Waals surface area contributed by atoms with Gasteiger partial charge in [0.2, 0.25) is 0 Å². The maximum atomic E-state index is 11.9. The van der Waals surface area contributed by atoms with Gasteiger partial charge in [-0.25, -0.2) is 13.4 Å². The first-order valence-electron chi connectivity index (χ1n) is 10.3. The molecule has 0 saturated carbocycles. The van der Waals surface area contributed by atoms with Gasteiger partial charge in [0.25, 0.3) is 10.1 Å². The number of rotatable bonds is 9. The third-order valence-electron chi connectivity index (χ3n) is 5.24. The molecule has 172 valence electrons. The summed E-state index contributed by atoms with van der Waals surface area (Å²) in [4.78, 5) is 4.87. The molecule has 0 fully saturated rings. The first-order chi connectivity index (χ1) is 15.9. The number of para-hydroxylation sites is 1. The van der Waals surface area contributed by atoms with Crippen LogP contribution >= 0.6 is 0 Å². The van der Waals surface area contributed by atoms with Crippen LogP contribution in [-0.2, 0) is 30.8 Å². The zero-order valence-corrected chi connectivity index (χ0v) is 19.6. The summed E-state index contributed by atoms with van der Waals surface area (Å²) in [6, 6.07) is 20.7. The van der Waals surface area contributed by atoms with E-state index in [1.807, 2.05) is 60.7 Å². The summed E-state index contributed by atoms with van der Waals surface area (Å²) in [6.45, 7) is 0.326. The fraction of sp³-hybridized carbons (Fsp3) is 0.208. The van der Waals surface area contributed by atoms with Gasteiger partial charge in [0.1, 0.15) is 22.2 Å². The summed E-state index contributed by atoms with van der Waals surface area (Å²) >= 11 is 0. The number of ether oxygens (including phenoxy) is 1. The number of fused-ring (bicyclic) bond motifs is 3. The van der Waals surface area contributed by atoms with E-state index in [0.717, 1.165) is 40.0 Å². The molecule has 3 aromatic carbocycles. The molecule has 0 bridgehead atoms. The number of nitrogens with zero attached hydrogens (tertiary/aromatic N) is 1. The second-order valence-electron chi connectivity index (χ2n) is 7.51. The van der Waals surface area contributed by atoms with Gasteiger partial charge in [-0.1, -0.05) is 30.3 Å². The Morgan fingerprint density at radius 2 is 1.67 bits per heavy atom. The minimum Gasteiger partial charge on any atom is -0.494 e. The van der Waals surface area contributed by atoms with Crippen molar-refractivity contribution in [1.29, 1.82) is 0 Å². The van der Waals surface area contributed by atoms with E-state index in [4.69, 9.17) is 9.72 Å². The predicted molar refractivity (Wildman–Crippen MR) is 130 cm³/mol. The Morgan fingerprint density at radius 1 is 0.909 bits per heavy atom. The Kier molecular flexibility index (Phi) is 6.92. The smallest absolute Gasteiger partial charge is 0.271 e. The molecule has 0 atom stereocenters. The summed E-state index contributed by atoms with van der Waals surface area (Å²) in [5, 5.41) is 2.75. The third-order valence-corrected chi connectivity index (χ3v) is 7.12. The fourth-order valence-corrected chi connectivity index (χ4v) is 4.76. The van der Waals surface area contributed by atoms with Crippen molar-refractivity contribution in [3.05, 3.63) is 72.3 Å². The molecule has 0 spiro atoms. The van der Waals surface area contributed by atoms with Crippen LogP contribution in [0.5, 0.6) is 5.75 Å². The van der Waals surface area contributed by atoms with Gasteiger partial charge in [-0.2, -0.15) is 8.42 Å². The molecule has 0 N–H and O–H groups in total. The molecule has 0 aliphatic rings. The van der Waals surface area contributed by atoms with Crippen LogP contribution in [0.15, 0.2) is 66.7 Å². The van der Waals surface area contributed by atoms with Crippen LogP contribution in [0.25, 0.3) is 32.9 Å². The van der Waals surface area contributed by atoms with Gasteiger partial charge in [0, 0.05) is 16.3 Å². The highest BCUT2D eigenvalue weighted by Crippen LogP contribution is 2.34. The van der Waals surface area contributed by atoms with E-state index in [1.165, 1.54) is 0 Å². The van der Waals surface area contributed by atoms with Crippen molar-refractivity contribution in [1.82, 2.24) is 4.98 Å². The highest BCUT2D eigenvalue weighted by atomic mass is 32.2. The third kappa shape index (κ3) is 5.50. The molecule has 0 radical (unpaired) electrons. The maximum Gasteiger partial charge on any atom is 0.271 e. The van der Waals surface area contributed by atoms with Crippen molar-refractivity contribution in [3.63, 3.8) is 0 Å². The molecule has 4 rings (SSSR count). The van der Waals surface area contributed by atoms with Gasteiger partial charge >= 0.3 is 0 Å². The van der Waals surface area contributed by atoms with Crippen molar-refractivity contribution < 1.29 is 25.8 Å². The molecule has 1 aromatic heterocycles. The van der Waals surface area contributed by atoms with Crippen molar-refractivity contribution in [2.45, 2.75) is 12.2 Å². The minimum atomic E-state index is -3.64. The van der Waals surface area contributed by atoms with Crippen LogP contribution in [0, 0.1) is 0 Å². The molecular weight excluding hydrogens is 462 g/mol. The van der Waals surface area contributed by atoms with E-state index in [9.17, 15) is 16.8 Å². The molecule has 0 amide bonds. The Balaban J connectivity index is 1.72. The normalized spacial score (nSPS) is 11.9. The summed E-state index contributed by atoms with van der Waals surface area (Å²) in [5.41, 5.74) is 3.10. The Hall–Kier alpha value is -3.01. The van der Waals surface area contributed by atoms with E-state index in [1.54, 1.807) is 6.07 Å². The number of hydrogen-bond donors (Lipinski definition) is 1. The van der Waals surface area contributed by atoms with Crippen LogP contribution in [0.1, 0.15) is 12.0 Å². The molecule has 33 heavy (non-hydrogen) atoms. The van der Waals surface area contributed by atoms with Crippen LogP contribution in [-0.4, -0.2) is 41.3 Å². The summed E-state index contributed by atoms with van der Waals surface area (Å²) in [6.07, 6.45) is 0.443. The number of pyridine rings is 1. The molecule has 7 nitrogen and oxygen atoms in total. The van der Waals surface area contributed by atoms with Crippen molar-refractivity contribution in [2.75, 3.05) is 19.5 Å². The Bertz CT molecular complexity index is 1470. The molecule has 0 aliphatic carbocycles. The van der Waals surface area contributed by atoms with Gasteiger partial charge in [-0.3, -0.25) is 4.18 Å². The van der Waals surface area contributed by atoms with Crippen LogP contribution in [0.2, 0.25) is 0 Å². The maximum absolute atomic E-state index is 11.9.